The Balaban J connectivity index is 1.68. The van der Waals surface area contributed by atoms with Gasteiger partial charge in [0.15, 0.2) is 0 Å². The Kier molecular flexibility index (Phi) is 4.74. The van der Waals surface area contributed by atoms with Crippen LogP contribution in [0, 0.1) is 18.7 Å². The Morgan fingerprint density at radius 3 is 2.57 bits per heavy atom. The number of anilines is 2. The van der Waals surface area contributed by atoms with E-state index in [0.717, 1.165) is 36.1 Å². The lowest BCUT2D eigenvalue weighted by molar-refractivity contribution is 0.436. The molecule has 0 amide bonds. The summed E-state index contributed by atoms with van der Waals surface area (Å²) in [7, 11) is 0. The standard InChI is InChI=1S/C18H23FN4/c1-13-7-9-23(10-8-13)17-11-14(2)21-18(22-17)20-12-15-3-5-16(19)6-4-15/h3-6,11,13H,7-10,12H2,1-2H3,(H,20,21,22). The van der Waals surface area contributed by atoms with E-state index < -0.39 is 0 Å². The van der Waals surface area contributed by atoms with Crippen molar-refractivity contribution in [3.8, 4) is 0 Å². The van der Waals surface area contributed by atoms with Gasteiger partial charge in [0, 0.05) is 31.4 Å². The van der Waals surface area contributed by atoms with E-state index in [4.69, 9.17) is 0 Å². The third kappa shape index (κ3) is 4.18. The van der Waals surface area contributed by atoms with Crippen molar-refractivity contribution in [1.82, 2.24) is 9.97 Å². The van der Waals surface area contributed by atoms with Crippen LogP contribution in [0.1, 0.15) is 31.0 Å². The van der Waals surface area contributed by atoms with Gasteiger partial charge in [-0.05, 0) is 43.4 Å². The van der Waals surface area contributed by atoms with Gasteiger partial charge in [0.1, 0.15) is 11.6 Å². The highest BCUT2D eigenvalue weighted by Crippen LogP contribution is 2.22. The number of nitrogens with zero attached hydrogens (tertiary/aromatic N) is 3. The second kappa shape index (κ2) is 6.94. The van der Waals surface area contributed by atoms with Crippen LogP contribution < -0.4 is 10.2 Å². The van der Waals surface area contributed by atoms with Crippen LogP contribution in [0.25, 0.3) is 0 Å². The first-order chi connectivity index (χ1) is 11.1. The molecular weight excluding hydrogens is 291 g/mol. The summed E-state index contributed by atoms with van der Waals surface area (Å²) in [4.78, 5) is 11.4. The van der Waals surface area contributed by atoms with Gasteiger partial charge in [-0.1, -0.05) is 19.1 Å². The first-order valence-corrected chi connectivity index (χ1v) is 8.19. The molecule has 4 nitrogen and oxygen atoms in total. The van der Waals surface area contributed by atoms with Crippen LogP contribution in [-0.4, -0.2) is 23.1 Å². The highest BCUT2D eigenvalue weighted by atomic mass is 19.1. The molecule has 0 bridgehead atoms. The fourth-order valence-corrected chi connectivity index (χ4v) is 2.81. The lowest BCUT2D eigenvalue weighted by Gasteiger charge is -2.31. The maximum atomic E-state index is 12.9. The van der Waals surface area contributed by atoms with Gasteiger partial charge in [-0.15, -0.1) is 0 Å². The van der Waals surface area contributed by atoms with E-state index >= 15 is 0 Å². The van der Waals surface area contributed by atoms with Crippen LogP contribution in [0.5, 0.6) is 0 Å². The molecule has 2 heterocycles. The first-order valence-electron chi connectivity index (χ1n) is 8.19. The van der Waals surface area contributed by atoms with Crippen LogP contribution in [0.4, 0.5) is 16.2 Å². The molecule has 1 aromatic carbocycles. The Morgan fingerprint density at radius 1 is 1.17 bits per heavy atom. The van der Waals surface area contributed by atoms with E-state index in [1.54, 1.807) is 12.1 Å². The van der Waals surface area contributed by atoms with Gasteiger partial charge < -0.3 is 10.2 Å². The number of aryl methyl sites for hydroxylation is 1. The smallest absolute Gasteiger partial charge is 0.225 e. The molecule has 1 aliphatic heterocycles. The van der Waals surface area contributed by atoms with Crippen LogP contribution in [0.15, 0.2) is 30.3 Å². The van der Waals surface area contributed by atoms with Crippen molar-refractivity contribution < 1.29 is 4.39 Å². The number of benzene rings is 1. The van der Waals surface area contributed by atoms with Gasteiger partial charge in [0.2, 0.25) is 5.95 Å². The van der Waals surface area contributed by atoms with E-state index in [1.165, 1.54) is 25.0 Å². The molecule has 0 unspecified atom stereocenters. The number of rotatable bonds is 4. The van der Waals surface area contributed by atoms with Crippen molar-refractivity contribution in [2.75, 3.05) is 23.3 Å². The summed E-state index contributed by atoms with van der Waals surface area (Å²) in [5.41, 5.74) is 1.96. The molecule has 0 radical (unpaired) electrons. The lowest BCUT2D eigenvalue weighted by Crippen LogP contribution is -2.33. The van der Waals surface area contributed by atoms with Crippen LogP contribution in [0.3, 0.4) is 0 Å². The maximum absolute atomic E-state index is 12.9. The van der Waals surface area contributed by atoms with Gasteiger partial charge in [-0.2, -0.15) is 4.98 Å². The minimum atomic E-state index is -0.220. The van der Waals surface area contributed by atoms with Gasteiger partial charge in [-0.25, -0.2) is 9.37 Å². The average molecular weight is 314 g/mol. The SMILES string of the molecule is Cc1cc(N2CCC(C)CC2)nc(NCc2ccc(F)cc2)n1. The van der Waals surface area contributed by atoms with Crippen LogP contribution >= 0.6 is 0 Å². The summed E-state index contributed by atoms with van der Waals surface area (Å²) >= 11 is 0. The largest absolute Gasteiger partial charge is 0.356 e. The Hall–Kier alpha value is -2.17. The molecule has 0 spiro atoms. The quantitative estimate of drug-likeness (QED) is 0.932. The van der Waals surface area contributed by atoms with Crippen LogP contribution in [0.2, 0.25) is 0 Å². The molecule has 1 aromatic heterocycles. The monoisotopic (exact) mass is 314 g/mol. The number of hydrogen-bond donors (Lipinski definition) is 1. The Morgan fingerprint density at radius 2 is 1.87 bits per heavy atom. The highest BCUT2D eigenvalue weighted by Gasteiger charge is 2.17. The molecule has 2 aromatic rings. The van der Waals surface area contributed by atoms with Crippen molar-refractivity contribution >= 4 is 11.8 Å². The molecule has 0 atom stereocenters. The topological polar surface area (TPSA) is 41.1 Å². The second-order valence-electron chi connectivity index (χ2n) is 6.34. The molecule has 1 N–H and O–H groups in total. The number of hydrogen-bond acceptors (Lipinski definition) is 4. The Bertz CT molecular complexity index is 649. The zero-order valence-corrected chi connectivity index (χ0v) is 13.7. The summed E-state index contributed by atoms with van der Waals surface area (Å²) in [6.07, 6.45) is 2.42. The van der Waals surface area contributed by atoms with Crippen molar-refractivity contribution in [2.45, 2.75) is 33.2 Å². The molecular formula is C18H23FN4. The Labute approximate surface area is 136 Å². The third-order valence-electron chi connectivity index (χ3n) is 4.31. The fraction of sp³-hybridized carbons (Fsp3) is 0.444. The molecule has 3 rings (SSSR count). The summed E-state index contributed by atoms with van der Waals surface area (Å²) in [5.74, 6) is 2.20. The summed E-state index contributed by atoms with van der Waals surface area (Å²) in [5, 5.41) is 3.24. The predicted molar refractivity (Wildman–Crippen MR) is 91.1 cm³/mol. The molecule has 1 fully saturated rings. The molecule has 1 aliphatic rings. The number of aromatic nitrogens is 2. The fourth-order valence-electron chi connectivity index (χ4n) is 2.81. The summed E-state index contributed by atoms with van der Waals surface area (Å²) in [6, 6.07) is 8.51. The zero-order valence-electron chi connectivity index (χ0n) is 13.7. The van der Waals surface area contributed by atoms with E-state index in [1.807, 2.05) is 13.0 Å². The highest BCUT2D eigenvalue weighted by molar-refractivity contribution is 5.45. The molecule has 0 saturated carbocycles. The van der Waals surface area contributed by atoms with E-state index in [-0.39, 0.29) is 5.82 Å². The number of nitrogens with one attached hydrogen (secondary N) is 1. The van der Waals surface area contributed by atoms with Crippen molar-refractivity contribution in [3.63, 3.8) is 0 Å². The van der Waals surface area contributed by atoms with Gasteiger partial charge >= 0.3 is 0 Å². The number of piperidine rings is 1. The normalized spacial score (nSPS) is 15.7. The van der Waals surface area contributed by atoms with Crippen molar-refractivity contribution in [2.24, 2.45) is 5.92 Å². The molecule has 23 heavy (non-hydrogen) atoms. The zero-order chi connectivity index (χ0) is 16.2. The molecule has 0 aliphatic carbocycles. The lowest BCUT2D eigenvalue weighted by atomic mass is 9.99. The van der Waals surface area contributed by atoms with Crippen molar-refractivity contribution in [3.05, 3.63) is 47.4 Å². The van der Waals surface area contributed by atoms with Crippen LogP contribution in [-0.2, 0) is 6.54 Å². The van der Waals surface area contributed by atoms with Gasteiger partial charge in [-0.3, -0.25) is 0 Å². The van der Waals surface area contributed by atoms with E-state index in [2.05, 4.69) is 27.1 Å². The minimum absolute atomic E-state index is 0.220. The van der Waals surface area contributed by atoms with Gasteiger partial charge in [0.25, 0.3) is 0 Å². The second-order valence-corrected chi connectivity index (χ2v) is 6.34. The molecule has 1 saturated heterocycles. The molecule has 5 heteroatoms. The van der Waals surface area contributed by atoms with E-state index in [0.29, 0.717) is 12.5 Å². The number of halogens is 1. The average Bonchev–Trinajstić information content (AvgIpc) is 2.54. The van der Waals surface area contributed by atoms with Gasteiger partial charge in [0.05, 0.1) is 0 Å². The first kappa shape index (κ1) is 15.7. The minimum Gasteiger partial charge on any atom is -0.356 e. The third-order valence-corrected chi connectivity index (χ3v) is 4.31. The summed E-state index contributed by atoms with van der Waals surface area (Å²) < 4.78 is 12.9. The molecule has 122 valence electrons. The predicted octanol–water partition coefficient (Wildman–Crippen LogP) is 3.77. The maximum Gasteiger partial charge on any atom is 0.225 e. The van der Waals surface area contributed by atoms with E-state index in [9.17, 15) is 4.39 Å². The summed E-state index contributed by atoms with van der Waals surface area (Å²) in [6.45, 7) is 6.98. The van der Waals surface area contributed by atoms with Crippen molar-refractivity contribution in [1.29, 1.82) is 0 Å².